The van der Waals surface area contributed by atoms with Gasteiger partial charge in [0.2, 0.25) is 0 Å². The minimum absolute atomic E-state index is 0. The van der Waals surface area contributed by atoms with Crippen LogP contribution in [0.2, 0.25) is 0 Å². The number of ether oxygens (including phenoxy) is 2. The first-order valence-corrected chi connectivity index (χ1v) is 5.56. The first kappa shape index (κ1) is 15.8. The van der Waals surface area contributed by atoms with Crippen LogP contribution in [-0.2, 0) is 14.0 Å². The van der Waals surface area contributed by atoms with Gasteiger partial charge in [0.15, 0.2) is 0 Å². The number of rotatable bonds is 3. The van der Waals surface area contributed by atoms with Crippen molar-refractivity contribution in [2.24, 2.45) is 0 Å². The molecule has 0 saturated carbocycles. The van der Waals surface area contributed by atoms with Crippen LogP contribution >= 0.6 is 7.60 Å². The van der Waals surface area contributed by atoms with Crippen molar-refractivity contribution in [3.8, 4) is 0 Å². The van der Waals surface area contributed by atoms with Crippen molar-refractivity contribution in [2.45, 2.75) is 18.3 Å². The Morgan fingerprint density at radius 2 is 2.13 bits per heavy atom. The number of aliphatic hydroxyl groups is 1. The molecular formula is C7H12O6PU-. The molecule has 1 aliphatic rings. The predicted molar refractivity (Wildman–Crippen MR) is 47.2 cm³/mol. The van der Waals surface area contributed by atoms with Gasteiger partial charge in [-0.3, -0.25) is 4.57 Å². The minimum atomic E-state index is -4.20. The molecule has 0 aromatic rings. The summed E-state index contributed by atoms with van der Waals surface area (Å²) in [6, 6.07) is 0. The van der Waals surface area contributed by atoms with Gasteiger partial charge in [0.25, 0.3) is 0 Å². The average Bonchev–Trinajstić information content (AvgIpc) is 2.42. The van der Waals surface area contributed by atoms with Crippen molar-refractivity contribution in [2.75, 3.05) is 7.11 Å². The molecule has 1 heterocycles. The zero-order valence-corrected chi connectivity index (χ0v) is 13.0. The van der Waals surface area contributed by atoms with Crippen LogP contribution in [0.3, 0.4) is 0 Å². The summed E-state index contributed by atoms with van der Waals surface area (Å²) < 4.78 is 20.2. The van der Waals surface area contributed by atoms with E-state index in [1.807, 2.05) is 0 Å². The van der Waals surface area contributed by atoms with Gasteiger partial charge in [0.1, 0.15) is 0 Å². The summed E-state index contributed by atoms with van der Waals surface area (Å²) in [5, 5.41) is 9.46. The predicted octanol–water partition coefficient (Wildman–Crippen LogP) is -0.386. The number of hydrogen-bond acceptors (Lipinski definition) is 4. The molecule has 1 aliphatic heterocycles. The summed E-state index contributed by atoms with van der Waals surface area (Å²) in [4.78, 5) is 17.1. The van der Waals surface area contributed by atoms with Crippen LogP contribution in [0.1, 0.15) is 0 Å². The minimum Gasteiger partial charge on any atom is -0.542 e. The first-order valence-electron chi connectivity index (χ1n) is 3.88. The maximum atomic E-state index is 10.5. The Hall–Kier alpha value is 0.822. The van der Waals surface area contributed by atoms with Crippen LogP contribution in [0, 0.1) is 37.7 Å². The van der Waals surface area contributed by atoms with Crippen LogP contribution in [0.15, 0.2) is 11.9 Å². The van der Waals surface area contributed by atoms with Crippen LogP contribution in [-0.4, -0.2) is 40.3 Å². The molecule has 0 aromatic carbocycles. The zero-order valence-electron chi connectivity index (χ0n) is 7.98. The van der Waals surface area contributed by atoms with E-state index in [4.69, 9.17) is 19.3 Å². The standard InChI is InChI=1S/C7H12O6P.U/c1-12-6-4-13-5(7(6)8)2-3-14(9,10)11;/h2-8H,1H3,(H2,9,10,11);/q-1;/b3-2-;/t5-,6-,7+;/m1./s1. The molecule has 3 atom stereocenters. The number of aliphatic hydroxyl groups excluding tert-OH is 1. The number of methoxy groups -OCH3 is 1. The topological polar surface area (TPSA) is 96.2 Å². The Labute approximate surface area is 111 Å². The summed E-state index contributed by atoms with van der Waals surface area (Å²) in [5.41, 5.74) is 0. The van der Waals surface area contributed by atoms with Crippen LogP contribution < -0.4 is 0 Å². The average molecular weight is 461 g/mol. The summed E-state index contributed by atoms with van der Waals surface area (Å²) in [5.74, 6) is 0.701. The van der Waals surface area contributed by atoms with E-state index in [1.54, 1.807) is 0 Å². The molecule has 15 heavy (non-hydrogen) atoms. The zero-order chi connectivity index (χ0) is 10.8. The maximum absolute atomic E-state index is 10.5. The van der Waals surface area contributed by atoms with Gasteiger partial charge >= 0.3 is 7.60 Å². The largest absolute Gasteiger partial charge is 0.542 e. The molecule has 3 N–H and O–H groups in total. The normalized spacial score (nSPS) is 31.9. The molecule has 8 heteroatoms. The second kappa shape index (κ2) is 6.53. The van der Waals surface area contributed by atoms with Gasteiger partial charge in [0.05, 0.1) is 12.2 Å². The molecule has 0 radical (unpaired) electrons. The fourth-order valence-corrected chi connectivity index (χ4v) is 1.46. The summed E-state index contributed by atoms with van der Waals surface area (Å²) >= 11 is 0. The fraction of sp³-hybridized carbons (Fsp3) is 0.571. The van der Waals surface area contributed by atoms with Crippen molar-refractivity contribution < 1.29 is 60.0 Å². The van der Waals surface area contributed by atoms with Gasteiger partial charge in [-0.05, 0) is 12.2 Å². The van der Waals surface area contributed by atoms with Crippen LogP contribution in [0.4, 0.5) is 0 Å². The third-order valence-corrected chi connectivity index (χ3v) is 2.35. The van der Waals surface area contributed by atoms with E-state index in [9.17, 15) is 9.67 Å². The molecule has 1 fully saturated rings. The van der Waals surface area contributed by atoms with Crippen molar-refractivity contribution in [1.29, 1.82) is 0 Å². The van der Waals surface area contributed by atoms with Crippen molar-refractivity contribution >= 4 is 7.60 Å². The molecule has 0 bridgehead atoms. The Balaban J connectivity index is 0.00000196. The fourth-order valence-electron chi connectivity index (χ4n) is 1.07. The van der Waals surface area contributed by atoms with Gasteiger partial charge in [0, 0.05) is 44.0 Å². The third kappa shape index (κ3) is 5.12. The van der Waals surface area contributed by atoms with E-state index < -0.39 is 25.9 Å². The maximum Gasteiger partial charge on any atom is 0.348 e. The third-order valence-electron chi connectivity index (χ3n) is 1.79. The molecule has 0 amide bonds. The molecule has 86 valence electrons. The quantitative estimate of drug-likeness (QED) is 0.392. The van der Waals surface area contributed by atoms with Crippen molar-refractivity contribution in [3.63, 3.8) is 0 Å². The van der Waals surface area contributed by atoms with E-state index in [2.05, 4.69) is 0 Å². The molecule has 0 spiro atoms. The Bertz CT molecular complexity index is 264. The van der Waals surface area contributed by atoms with Crippen molar-refractivity contribution in [3.05, 3.63) is 18.5 Å². The summed E-state index contributed by atoms with van der Waals surface area (Å²) in [6.45, 7) is 1.29. The van der Waals surface area contributed by atoms with Gasteiger partial charge in [-0.25, -0.2) is 0 Å². The van der Waals surface area contributed by atoms with E-state index >= 15 is 0 Å². The molecule has 0 unspecified atom stereocenters. The van der Waals surface area contributed by atoms with Crippen LogP contribution in [0.25, 0.3) is 0 Å². The Kier molecular flexibility index (Phi) is 6.89. The van der Waals surface area contributed by atoms with Gasteiger partial charge in [-0.1, -0.05) is 0 Å². The summed E-state index contributed by atoms with van der Waals surface area (Å²) in [6.07, 6.45) is -1.15. The van der Waals surface area contributed by atoms with Crippen molar-refractivity contribution in [1.82, 2.24) is 0 Å². The van der Waals surface area contributed by atoms with E-state index in [1.165, 1.54) is 13.7 Å². The van der Waals surface area contributed by atoms with Crippen LogP contribution in [0.5, 0.6) is 0 Å². The monoisotopic (exact) mass is 461 g/mol. The molecule has 0 aromatic heterocycles. The Morgan fingerprint density at radius 3 is 2.53 bits per heavy atom. The first-order chi connectivity index (χ1) is 6.44. The van der Waals surface area contributed by atoms with Gasteiger partial charge in [-0.2, -0.15) is 6.61 Å². The smallest absolute Gasteiger partial charge is 0.348 e. The second-order valence-corrected chi connectivity index (χ2v) is 4.33. The second-order valence-electron chi connectivity index (χ2n) is 2.86. The van der Waals surface area contributed by atoms with E-state index in [0.717, 1.165) is 6.08 Å². The van der Waals surface area contributed by atoms with E-state index in [-0.39, 0.29) is 31.1 Å². The molecule has 6 nitrogen and oxygen atoms in total. The van der Waals surface area contributed by atoms with Gasteiger partial charge < -0.3 is 24.4 Å². The number of hydrogen-bond donors (Lipinski definition) is 3. The molecular weight excluding hydrogens is 449 g/mol. The molecule has 1 saturated heterocycles. The summed E-state index contributed by atoms with van der Waals surface area (Å²) in [7, 11) is -2.79. The van der Waals surface area contributed by atoms with Gasteiger partial charge in [-0.15, -0.1) is 0 Å². The molecule has 1 rings (SSSR count). The Morgan fingerprint density at radius 1 is 1.53 bits per heavy atom. The van der Waals surface area contributed by atoms with E-state index in [0.29, 0.717) is 5.82 Å². The SMILES string of the molecule is CO[C@@H]1[CH-]O[C@H](/C=C\P(=O)(O)O)[C@@H]1O.[U]. The molecule has 0 aliphatic carbocycles.